The summed E-state index contributed by atoms with van der Waals surface area (Å²) in [5, 5.41) is 3.77. The van der Waals surface area contributed by atoms with Crippen LogP contribution in [-0.2, 0) is 9.53 Å². The van der Waals surface area contributed by atoms with E-state index in [-0.39, 0.29) is 11.9 Å². The lowest BCUT2D eigenvalue weighted by atomic mass is 10.2. The fraction of sp³-hybridized carbons (Fsp3) is 0.636. The van der Waals surface area contributed by atoms with Crippen molar-refractivity contribution in [2.45, 2.75) is 13.0 Å². The SMILES string of the molecule is COc1c(N)nsc1NC(C)C(=O)N1CCOCC1. The lowest BCUT2D eigenvalue weighted by Crippen LogP contribution is -2.46. The van der Waals surface area contributed by atoms with Gasteiger partial charge in [0.05, 0.1) is 20.3 Å². The molecule has 106 valence electrons. The Balaban J connectivity index is 1.99. The van der Waals surface area contributed by atoms with Crippen LogP contribution in [0.2, 0.25) is 0 Å². The van der Waals surface area contributed by atoms with E-state index < -0.39 is 0 Å². The van der Waals surface area contributed by atoms with E-state index in [2.05, 4.69) is 9.69 Å². The number of hydrogen-bond donors (Lipinski definition) is 2. The van der Waals surface area contributed by atoms with Crippen LogP contribution in [-0.4, -0.2) is 54.6 Å². The third-order valence-corrected chi connectivity index (χ3v) is 3.69. The molecule has 1 unspecified atom stereocenters. The maximum absolute atomic E-state index is 12.2. The van der Waals surface area contributed by atoms with E-state index in [9.17, 15) is 4.79 Å². The third kappa shape index (κ3) is 3.07. The van der Waals surface area contributed by atoms with E-state index in [0.717, 1.165) is 0 Å². The molecule has 2 heterocycles. The van der Waals surface area contributed by atoms with Gasteiger partial charge in [-0.05, 0) is 18.5 Å². The number of aromatic nitrogens is 1. The molecule has 0 aliphatic carbocycles. The molecule has 1 atom stereocenters. The van der Waals surface area contributed by atoms with Crippen molar-refractivity contribution in [3.05, 3.63) is 0 Å². The Morgan fingerprint density at radius 3 is 2.89 bits per heavy atom. The van der Waals surface area contributed by atoms with Crippen molar-refractivity contribution in [3.8, 4) is 5.75 Å². The number of nitrogens with zero attached hydrogens (tertiary/aromatic N) is 2. The fourth-order valence-electron chi connectivity index (χ4n) is 1.90. The van der Waals surface area contributed by atoms with Crippen LogP contribution in [0.15, 0.2) is 0 Å². The van der Waals surface area contributed by atoms with Crippen LogP contribution >= 0.6 is 11.5 Å². The first-order valence-corrected chi connectivity index (χ1v) is 6.83. The second-order valence-corrected chi connectivity index (χ2v) is 5.01. The minimum absolute atomic E-state index is 0.0392. The molecule has 0 bridgehead atoms. The van der Waals surface area contributed by atoms with Gasteiger partial charge in [0.15, 0.2) is 16.6 Å². The Bertz CT molecular complexity index is 445. The van der Waals surface area contributed by atoms with Crippen molar-refractivity contribution >= 4 is 28.3 Å². The van der Waals surface area contributed by atoms with E-state index in [1.165, 1.54) is 18.6 Å². The van der Waals surface area contributed by atoms with E-state index in [1.54, 1.807) is 4.90 Å². The number of hydrogen-bond acceptors (Lipinski definition) is 7. The Kier molecular flexibility index (Phi) is 4.43. The molecule has 1 aromatic heterocycles. The number of amides is 1. The quantitative estimate of drug-likeness (QED) is 0.832. The summed E-state index contributed by atoms with van der Waals surface area (Å²) in [5.74, 6) is 0.866. The van der Waals surface area contributed by atoms with Gasteiger partial charge in [0, 0.05) is 13.1 Å². The predicted octanol–water partition coefficient (Wildman–Crippen LogP) is 0.393. The average Bonchev–Trinajstić information content (AvgIpc) is 2.79. The van der Waals surface area contributed by atoms with Gasteiger partial charge in [-0.3, -0.25) is 4.79 Å². The van der Waals surface area contributed by atoms with Crippen molar-refractivity contribution in [1.29, 1.82) is 0 Å². The van der Waals surface area contributed by atoms with Crippen LogP contribution in [0.3, 0.4) is 0 Å². The van der Waals surface area contributed by atoms with Crippen molar-refractivity contribution in [3.63, 3.8) is 0 Å². The molecule has 1 aliphatic heterocycles. The lowest BCUT2D eigenvalue weighted by molar-refractivity contribution is -0.135. The summed E-state index contributed by atoms with van der Waals surface area (Å²) in [4.78, 5) is 14.0. The molecule has 2 rings (SSSR count). The summed E-state index contributed by atoms with van der Waals surface area (Å²) >= 11 is 1.19. The van der Waals surface area contributed by atoms with Crippen LogP contribution in [0.25, 0.3) is 0 Å². The number of ether oxygens (including phenoxy) is 2. The molecular weight excluding hydrogens is 268 g/mol. The summed E-state index contributed by atoms with van der Waals surface area (Å²) < 4.78 is 14.4. The summed E-state index contributed by atoms with van der Waals surface area (Å²) in [6.45, 7) is 4.26. The van der Waals surface area contributed by atoms with Gasteiger partial charge in [-0.25, -0.2) is 0 Å². The number of nitrogens with two attached hydrogens (primary N) is 1. The number of rotatable bonds is 4. The number of carbonyl (C=O) groups is 1. The Hall–Kier alpha value is -1.54. The van der Waals surface area contributed by atoms with Gasteiger partial charge < -0.3 is 25.4 Å². The van der Waals surface area contributed by atoms with Crippen molar-refractivity contribution in [2.24, 2.45) is 0 Å². The summed E-state index contributed by atoms with van der Waals surface area (Å²) in [6.07, 6.45) is 0. The topological polar surface area (TPSA) is 89.7 Å². The van der Waals surface area contributed by atoms with E-state index >= 15 is 0 Å². The maximum Gasteiger partial charge on any atom is 0.244 e. The molecule has 19 heavy (non-hydrogen) atoms. The van der Waals surface area contributed by atoms with Crippen molar-refractivity contribution in [1.82, 2.24) is 9.27 Å². The molecule has 0 radical (unpaired) electrons. The summed E-state index contributed by atoms with van der Waals surface area (Å²) in [5.41, 5.74) is 5.67. The van der Waals surface area contributed by atoms with Crippen LogP contribution in [0.5, 0.6) is 5.75 Å². The molecule has 1 fully saturated rings. The Morgan fingerprint density at radius 2 is 2.26 bits per heavy atom. The Morgan fingerprint density at radius 1 is 1.58 bits per heavy atom. The minimum atomic E-state index is -0.355. The van der Waals surface area contributed by atoms with Gasteiger partial charge in [-0.1, -0.05) is 0 Å². The van der Waals surface area contributed by atoms with Crippen LogP contribution < -0.4 is 15.8 Å². The second kappa shape index (κ2) is 6.07. The number of morpholine rings is 1. The van der Waals surface area contributed by atoms with E-state index in [1.807, 2.05) is 6.92 Å². The first-order valence-electron chi connectivity index (χ1n) is 6.05. The molecule has 1 amide bonds. The summed E-state index contributed by atoms with van der Waals surface area (Å²) in [6, 6.07) is -0.355. The third-order valence-electron chi connectivity index (χ3n) is 2.92. The van der Waals surface area contributed by atoms with Crippen LogP contribution in [0.4, 0.5) is 10.8 Å². The number of methoxy groups -OCH3 is 1. The summed E-state index contributed by atoms with van der Waals surface area (Å²) in [7, 11) is 1.53. The zero-order valence-corrected chi connectivity index (χ0v) is 11.8. The molecule has 1 aromatic rings. The molecule has 3 N–H and O–H groups in total. The first kappa shape index (κ1) is 13.9. The molecule has 1 saturated heterocycles. The standard InChI is InChI=1S/C11H18N4O3S/c1-7(11(16)15-3-5-18-6-4-15)13-10-8(17-2)9(12)14-19-10/h7,13H,3-6H2,1-2H3,(H2,12,14). The Labute approximate surface area is 115 Å². The van der Waals surface area contributed by atoms with Gasteiger partial charge in [0.25, 0.3) is 0 Å². The van der Waals surface area contributed by atoms with E-state index in [4.69, 9.17) is 15.2 Å². The van der Waals surface area contributed by atoms with Gasteiger partial charge in [-0.2, -0.15) is 4.37 Å². The highest BCUT2D eigenvalue weighted by Crippen LogP contribution is 2.35. The highest BCUT2D eigenvalue weighted by atomic mass is 32.1. The molecule has 0 saturated carbocycles. The maximum atomic E-state index is 12.2. The minimum Gasteiger partial charge on any atom is -0.490 e. The van der Waals surface area contributed by atoms with Crippen LogP contribution in [0.1, 0.15) is 6.92 Å². The smallest absolute Gasteiger partial charge is 0.244 e. The largest absolute Gasteiger partial charge is 0.490 e. The predicted molar refractivity (Wildman–Crippen MR) is 73.6 cm³/mol. The highest BCUT2D eigenvalue weighted by molar-refractivity contribution is 7.11. The van der Waals surface area contributed by atoms with Gasteiger partial charge in [-0.15, -0.1) is 0 Å². The number of carbonyl (C=O) groups excluding carboxylic acids is 1. The molecule has 1 aliphatic rings. The van der Waals surface area contributed by atoms with Crippen LogP contribution in [0, 0.1) is 0 Å². The molecule has 7 nitrogen and oxygen atoms in total. The van der Waals surface area contributed by atoms with Crippen molar-refractivity contribution in [2.75, 3.05) is 44.5 Å². The number of anilines is 2. The monoisotopic (exact) mass is 286 g/mol. The number of nitrogens with one attached hydrogen (secondary N) is 1. The molecule has 8 heteroatoms. The zero-order valence-electron chi connectivity index (χ0n) is 11.0. The fourth-order valence-corrected chi connectivity index (χ4v) is 2.67. The molecular formula is C11H18N4O3S. The molecule has 0 aromatic carbocycles. The van der Waals surface area contributed by atoms with Crippen molar-refractivity contribution < 1.29 is 14.3 Å². The number of nitrogen functional groups attached to an aromatic ring is 1. The highest BCUT2D eigenvalue weighted by Gasteiger charge is 2.24. The second-order valence-electron chi connectivity index (χ2n) is 4.23. The lowest BCUT2D eigenvalue weighted by Gasteiger charge is -2.29. The normalized spacial score (nSPS) is 17.1. The average molecular weight is 286 g/mol. The zero-order chi connectivity index (χ0) is 13.8. The van der Waals surface area contributed by atoms with Gasteiger partial charge in [0.1, 0.15) is 6.04 Å². The van der Waals surface area contributed by atoms with Gasteiger partial charge in [0.2, 0.25) is 5.91 Å². The van der Waals surface area contributed by atoms with E-state index in [0.29, 0.717) is 42.9 Å². The van der Waals surface area contributed by atoms with Gasteiger partial charge >= 0.3 is 0 Å². The first-order chi connectivity index (χ1) is 9.13. The molecule has 0 spiro atoms.